The molecule has 3 aliphatic rings. The number of para-hydroxylation sites is 1. The second kappa shape index (κ2) is 8.22. The van der Waals surface area contributed by atoms with Gasteiger partial charge in [0.05, 0.1) is 12.6 Å². The average Bonchev–Trinajstić information content (AvgIpc) is 3.23. The van der Waals surface area contributed by atoms with E-state index in [1.807, 2.05) is 35.2 Å². The number of amides is 2. The summed E-state index contributed by atoms with van der Waals surface area (Å²) >= 11 is 0. The predicted octanol–water partition coefficient (Wildman–Crippen LogP) is 4.74. The van der Waals surface area contributed by atoms with Crippen LogP contribution in [0.2, 0.25) is 0 Å². The summed E-state index contributed by atoms with van der Waals surface area (Å²) in [6.45, 7) is 0.805. The first-order valence-corrected chi connectivity index (χ1v) is 12.1. The maximum Gasteiger partial charge on any atom is 0.246 e. The number of carbonyl (C=O) groups excluding carboxylic acids is 2. The van der Waals surface area contributed by atoms with Crippen LogP contribution in [-0.4, -0.2) is 45.7 Å². The highest BCUT2D eigenvalue weighted by Gasteiger charge is 2.48. The minimum Gasteiger partial charge on any atom is -0.356 e. The van der Waals surface area contributed by atoms with Gasteiger partial charge in [-0.25, -0.2) is 0 Å². The van der Waals surface area contributed by atoms with E-state index in [1.165, 1.54) is 24.0 Å². The molecule has 33 heavy (non-hydrogen) atoms. The smallest absolute Gasteiger partial charge is 0.246 e. The van der Waals surface area contributed by atoms with Crippen LogP contribution in [0.1, 0.15) is 55.0 Å². The maximum absolute atomic E-state index is 13.7. The fraction of sp³-hybridized carbons (Fsp3) is 0.357. The molecule has 2 aliphatic heterocycles. The van der Waals surface area contributed by atoms with Crippen LogP contribution in [0.4, 0.5) is 0 Å². The minimum atomic E-state index is -0.455. The van der Waals surface area contributed by atoms with E-state index in [-0.39, 0.29) is 24.4 Å². The molecule has 5 heteroatoms. The third-order valence-electron chi connectivity index (χ3n) is 7.55. The Balaban J connectivity index is 1.38. The van der Waals surface area contributed by atoms with E-state index in [1.54, 1.807) is 4.90 Å². The lowest BCUT2D eigenvalue weighted by Crippen LogP contribution is -2.63. The summed E-state index contributed by atoms with van der Waals surface area (Å²) in [4.78, 5) is 34.5. The van der Waals surface area contributed by atoms with Crippen LogP contribution >= 0.6 is 0 Å². The Labute approximate surface area is 194 Å². The van der Waals surface area contributed by atoms with Gasteiger partial charge in [0.2, 0.25) is 11.8 Å². The monoisotopic (exact) mass is 439 g/mol. The summed E-state index contributed by atoms with van der Waals surface area (Å²) in [7, 11) is 0. The van der Waals surface area contributed by atoms with Crippen LogP contribution in [0.25, 0.3) is 10.9 Å². The highest BCUT2D eigenvalue weighted by atomic mass is 16.2. The van der Waals surface area contributed by atoms with Crippen molar-refractivity contribution in [2.24, 2.45) is 0 Å². The Bertz CT molecular complexity index is 1240. The zero-order chi connectivity index (χ0) is 22.4. The van der Waals surface area contributed by atoms with Gasteiger partial charge in [0, 0.05) is 29.6 Å². The number of aromatic nitrogens is 1. The van der Waals surface area contributed by atoms with Gasteiger partial charge >= 0.3 is 0 Å². The first-order valence-electron chi connectivity index (χ1n) is 12.1. The summed E-state index contributed by atoms with van der Waals surface area (Å²) < 4.78 is 0. The van der Waals surface area contributed by atoms with Crippen molar-refractivity contribution in [3.05, 3.63) is 83.1 Å². The molecule has 1 unspecified atom stereocenters. The third kappa shape index (κ3) is 3.47. The molecule has 2 atom stereocenters. The lowest BCUT2D eigenvalue weighted by atomic mass is 9.86. The van der Waals surface area contributed by atoms with E-state index in [0.29, 0.717) is 13.0 Å². The van der Waals surface area contributed by atoms with Crippen LogP contribution in [0.15, 0.2) is 66.2 Å². The average molecular weight is 440 g/mol. The van der Waals surface area contributed by atoms with E-state index < -0.39 is 6.04 Å². The highest BCUT2D eigenvalue weighted by molar-refractivity contribution is 5.97. The SMILES string of the molecule is O=C1[C@H]2Cc3c([nH]c4ccccc34)C(c3ccccc3)N2C(=O)CN1CCC1=CCCCC1. The summed E-state index contributed by atoms with van der Waals surface area (Å²) in [6.07, 6.45) is 8.53. The molecular formula is C28H29N3O2. The fourth-order valence-corrected chi connectivity index (χ4v) is 5.90. The Kier molecular flexibility index (Phi) is 5.05. The predicted molar refractivity (Wildman–Crippen MR) is 129 cm³/mol. The molecule has 1 fully saturated rings. The molecule has 0 radical (unpaired) electrons. The summed E-state index contributed by atoms with van der Waals surface area (Å²) in [6, 6.07) is 17.6. The van der Waals surface area contributed by atoms with Crippen molar-refractivity contribution in [3.63, 3.8) is 0 Å². The van der Waals surface area contributed by atoms with Crippen molar-refractivity contribution in [3.8, 4) is 0 Å². The van der Waals surface area contributed by atoms with Crippen molar-refractivity contribution in [1.82, 2.24) is 14.8 Å². The Hall–Kier alpha value is -3.34. The molecule has 1 saturated heterocycles. The van der Waals surface area contributed by atoms with Gasteiger partial charge in [0.15, 0.2) is 0 Å². The zero-order valence-electron chi connectivity index (χ0n) is 18.8. The van der Waals surface area contributed by atoms with Gasteiger partial charge in [0.1, 0.15) is 6.04 Å². The van der Waals surface area contributed by atoms with Crippen molar-refractivity contribution >= 4 is 22.7 Å². The first kappa shape index (κ1) is 20.3. The second-order valence-corrected chi connectivity index (χ2v) is 9.51. The van der Waals surface area contributed by atoms with Crippen molar-refractivity contribution < 1.29 is 9.59 Å². The molecule has 2 amide bonds. The molecule has 0 spiro atoms. The molecule has 6 rings (SSSR count). The molecule has 3 heterocycles. The summed E-state index contributed by atoms with van der Waals surface area (Å²) in [5.74, 6) is 0.123. The number of benzene rings is 2. The number of H-pyrrole nitrogens is 1. The van der Waals surface area contributed by atoms with Crippen molar-refractivity contribution in [2.45, 2.75) is 50.6 Å². The van der Waals surface area contributed by atoms with E-state index in [4.69, 9.17) is 0 Å². The van der Waals surface area contributed by atoms with Crippen LogP contribution < -0.4 is 0 Å². The topological polar surface area (TPSA) is 56.4 Å². The Morgan fingerprint density at radius 2 is 1.79 bits per heavy atom. The zero-order valence-corrected chi connectivity index (χ0v) is 18.8. The molecule has 0 saturated carbocycles. The van der Waals surface area contributed by atoms with Gasteiger partial charge in [-0.15, -0.1) is 0 Å². The quantitative estimate of drug-likeness (QED) is 0.597. The molecule has 1 N–H and O–H groups in total. The molecule has 1 aliphatic carbocycles. The lowest BCUT2D eigenvalue weighted by Gasteiger charge is -2.47. The van der Waals surface area contributed by atoms with Crippen LogP contribution in [-0.2, 0) is 16.0 Å². The fourth-order valence-electron chi connectivity index (χ4n) is 5.90. The van der Waals surface area contributed by atoms with Crippen molar-refractivity contribution in [1.29, 1.82) is 0 Å². The summed E-state index contributed by atoms with van der Waals surface area (Å²) in [5.41, 5.74) is 5.74. The number of hydrogen-bond donors (Lipinski definition) is 1. The van der Waals surface area contributed by atoms with Gasteiger partial charge in [-0.2, -0.15) is 0 Å². The maximum atomic E-state index is 13.7. The number of allylic oxidation sites excluding steroid dienone is 1. The largest absolute Gasteiger partial charge is 0.356 e. The number of hydrogen-bond acceptors (Lipinski definition) is 2. The van der Waals surface area contributed by atoms with E-state index in [2.05, 4.69) is 35.3 Å². The Morgan fingerprint density at radius 1 is 0.970 bits per heavy atom. The van der Waals surface area contributed by atoms with Crippen LogP contribution in [0.3, 0.4) is 0 Å². The van der Waals surface area contributed by atoms with Crippen LogP contribution in [0, 0.1) is 0 Å². The number of rotatable bonds is 4. The lowest BCUT2D eigenvalue weighted by molar-refractivity contribution is -0.158. The normalized spacial score (nSPS) is 22.8. The van der Waals surface area contributed by atoms with Gasteiger partial charge < -0.3 is 14.8 Å². The number of nitrogens with zero attached hydrogens (tertiary/aromatic N) is 2. The van der Waals surface area contributed by atoms with E-state index in [0.717, 1.165) is 41.4 Å². The Morgan fingerprint density at radius 3 is 2.61 bits per heavy atom. The molecule has 0 bridgehead atoms. The van der Waals surface area contributed by atoms with Crippen molar-refractivity contribution in [2.75, 3.05) is 13.1 Å². The molecule has 168 valence electrons. The summed E-state index contributed by atoms with van der Waals surface area (Å²) in [5, 5.41) is 1.15. The number of aromatic amines is 1. The first-order chi connectivity index (χ1) is 16.2. The molecule has 5 nitrogen and oxygen atoms in total. The van der Waals surface area contributed by atoms with E-state index >= 15 is 0 Å². The second-order valence-electron chi connectivity index (χ2n) is 9.51. The molecule has 2 aromatic carbocycles. The third-order valence-corrected chi connectivity index (χ3v) is 7.55. The van der Waals surface area contributed by atoms with Gasteiger partial charge in [0.25, 0.3) is 0 Å². The standard InChI is InChI=1S/C28H29N3O2/c32-25-18-30(16-15-19-9-3-1-4-10-19)28(33)24-17-22-21-13-7-8-14-23(21)29-26(22)27(31(24)25)20-11-5-2-6-12-20/h2,5-9,11-14,24,27,29H,1,3-4,10,15-18H2/t24-,27?/m1/s1. The van der Waals surface area contributed by atoms with E-state index in [9.17, 15) is 9.59 Å². The number of piperazine rings is 1. The molecule has 1 aromatic heterocycles. The van der Waals surface area contributed by atoms with Crippen LogP contribution in [0.5, 0.6) is 0 Å². The molecular weight excluding hydrogens is 410 g/mol. The van der Waals surface area contributed by atoms with Gasteiger partial charge in [-0.05, 0) is 49.3 Å². The highest BCUT2D eigenvalue weighted by Crippen LogP contribution is 2.42. The van der Waals surface area contributed by atoms with Gasteiger partial charge in [-0.1, -0.05) is 60.2 Å². The molecule has 3 aromatic rings. The number of fused-ring (bicyclic) bond motifs is 4. The number of carbonyl (C=O) groups is 2. The minimum absolute atomic E-state index is 0.0374. The van der Waals surface area contributed by atoms with Gasteiger partial charge in [-0.3, -0.25) is 9.59 Å². The number of nitrogens with one attached hydrogen (secondary N) is 1.